The van der Waals surface area contributed by atoms with Gasteiger partial charge in [-0.2, -0.15) is 0 Å². The highest BCUT2D eigenvalue weighted by molar-refractivity contribution is 5.50. The number of likely N-dealkylation sites (N-methyl/N-ethyl adjacent to an activating group) is 2. The van der Waals surface area contributed by atoms with Crippen molar-refractivity contribution in [3.05, 3.63) is 23.8 Å². The third-order valence-electron chi connectivity index (χ3n) is 3.98. The van der Waals surface area contributed by atoms with Crippen molar-refractivity contribution in [1.82, 2.24) is 9.80 Å². The predicted octanol–water partition coefficient (Wildman–Crippen LogP) is 1.80. The number of anilines is 1. The fourth-order valence-electron chi connectivity index (χ4n) is 2.77. The monoisotopic (exact) mass is 263 g/mol. The Kier molecular flexibility index (Phi) is 4.66. The Labute approximate surface area is 116 Å². The summed E-state index contributed by atoms with van der Waals surface area (Å²) >= 11 is 0. The third kappa shape index (κ3) is 3.61. The molecule has 0 amide bonds. The average molecular weight is 263 g/mol. The van der Waals surface area contributed by atoms with Crippen molar-refractivity contribution in [2.24, 2.45) is 0 Å². The molecular weight excluding hydrogens is 238 g/mol. The van der Waals surface area contributed by atoms with Gasteiger partial charge in [0.1, 0.15) is 5.75 Å². The zero-order valence-electron chi connectivity index (χ0n) is 12.2. The molecule has 0 bridgehead atoms. The van der Waals surface area contributed by atoms with E-state index >= 15 is 0 Å². The number of rotatable bonds is 5. The maximum absolute atomic E-state index is 6.04. The molecule has 0 radical (unpaired) electrons. The van der Waals surface area contributed by atoms with Gasteiger partial charge >= 0.3 is 0 Å². The molecule has 1 aromatic rings. The number of hydrogen-bond donors (Lipinski definition) is 1. The predicted molar refractivity (Wildman–Crippen MR) is 79.4 cm³/mol. The van der Waals surface area contributed by atoms with Crippen molar-refractivity contribution in [3.63, 3.8) is 0 Å². The van der Waals surface area contributed by atoms with E-state index in [2.05, 4.69) is 23.9 Å². The molecule has 106 valence electrons. The smallest absolute Gasteiger partial charge is 0.119 e. The van der Waals surface area contributed by atoms with Gasteiger partial charge in [-0.25, -0.2) is 0 Å². The van der Waals surface area contributed by atoms with Crippen molar-refractivity contribution < 1.29 is 4.74 Å². The lowest BCUT2D eigenvalue weighted by molar-refractivity contribution is 0.215. The fourth-order valence-corrected chi connectivity index (χ4v) is 2.77. The molecule has 19 heavy (non-hydrogen) atoms. The molecule has 1 aliphatic rings. The highest BCUT2D eigenvalue weighted by Gasteiger charge is 2.22. The van der Waals surface area contributed by atoms with Crippen molar-refractivity contribution in [2.45, 2.75) is 25.4 Å². The Morgan fingerprint density at radius 1 is 1.47 bits per heavy atom. The maximum atomic E-state index is 6.04. The average Bonchev–Trinajstić information content (AvgIpc) is 2.78. The molecule has 2 rings (SSSR count). The van der Waals surface area contributed by atoms with Crippen LogP contribution in [0.1, 0.15) is 18.4 Å². The van der Waals surface area contributed by atoms with Crippen molar-refractivity contribution >= 4 is 5.69 Å². The van der Waals surface area contributed by atoms with E-state index in [-0.39, 0.29) is 0 Å². The molecule has 0 spiro atoms. The Hall–Kier alpha value is -1.26. The first-order valence-electron chi connectivity index (χ1n) is 6.91. The minimum absolute atomic E-state index is 0.678. The van der Waals surface area contributed by atoms with E-state index in [9.17, 15) is 0 Å². The zero-order chi connectivity index (χ0) is 13.8. The topological polar surface area (TPSA) is 41.7 Å². The van der Waals surface area contributed by atoms with Crippen LogP contribution in [0.3, 0.4) is 0 Å². The minimum Gasteiger partial charge on any atom is -0.497 e. The van der Waals surface area contributed by atoms with Crippen LogP contribution < -0.4 is 10.5 Å². The van der Waals surface area contributed by atoms with Crippen LogP contribution in [0.2, 0.25) is 0 Å². The van der Waals surface area contributed by atoms with Crippen molar-refractivity contribution in [1.29, 1.82) is 0 Å². The van der Waals surface area contributed by atoms with E-state index in [1.54, 1.807) is 7.11 Å². The molecule has 4 nitrogen and oxygen atoms in total. The van der Waals surface area contributed by atoms with Crippen LogP contribution in [-0.4, -0.2) is 50.1 Å². The van der Waals surface area contributed by atoms with Crippen molar-refractivity contribution in [3.8, 4) is 5.75 Å². The standard InChI is InChI=1S/C15H25N3O/c1-17(11-13-5-4-8-18(13)2)10-12-9-14(19-3)6-7-15(12)16/h6-7,9,13H,4-5,8,10-11,16H2,1-3H3. The Balaban J connectivity index is 1.96. The van der Waals surface area contributed by atoms with Crippen LogP contribution in [0, 0.1) is 0 Å². The molecule has 1 aliphatic heterocycles. The lowest BCUT2D eigenvalue weighted by atomic mass is 10.1. The summed E-state index contributed by atoms with van der Waals surface area (Å²) in [6, 6.07) is 6.54. The number of nitrogens with zero attached hydrogens (tertiary/aromatic N) is 2. The molecule has 0 aliphatic carbocycles. The number of nitrogens with two attached hydrogens (primary N) is 1. The van der Waals surface area contributed by atoms with Gasteiger partial charge in [-0.05, 0) is 57.2 Å². The molecule has 1 saturated heterocycles. The van der Waals surface area contributed by atoms with Crippen LogP contribution in [0.25, 0.3) is 0 Å². The second-order valence-electron chi connectivity index (χ2n) is 5.54. The summed E-state index contributed by atoms with van der Waals surface area (Å²) in [5, 5.41) is 0. The Morgan fingerprint density at radius 3 is 2.89 bits per heavy atom. The first kappa shape index (κ1) is 14.2. The molecule has 1 unspecified atom stereocenters. The number of hydrogen-bond acceptors (Lipinski definition) is 4. The summed E-state index contributed by atoms with van der Waals surface area (Å²) in [5.74, 6) is 0.871. The molecular formula is C15H25N3O. The van der Waals surface area contributed by atoms with E-state index in [1.807, 2.05) is 18.2 Å². The molecule has 0 aromatic heterocycles. The van der Waals surface area contributed by atoms with Gasteiger partial charge in [0.05, 0.1) is 7.11 Å². The molecule has 1 atom stereocenters. The van der Waals surface area contributed by atoms with E-state index in [0.29, 0.717) is 6.04 Å². The maximum Gasteiger partial charge on any atom is 0.119 e. The molecule has 1 fully saturated rings. The van der Waals surface area contributed by atoms with Crippen LogP contribution in [0.15, 0.2) is 18.2 Å². The second-order valence-corrected chi connectivity index (χ2v) is 5.54. The van der Waals surface area contributed by atoms with E-state index in [0.717, 1.165) is 30.1 Å². The van der Waals surface area contributed by atoms with E-state index in [1.165, 1.54) is 19.4 Å². The number of benzene rings is 1. The summed E-state index contributed by atoms with van der Waals surface area (Å²) in [6.07, 6.45) is 2.62. The van der Waals surface area contributed by atoms with Crippen molar-refractivity contribution in [2.75, 3.05) is 40.0 Å². The Bertz CT molecular complexity index is 422. The van der Waals surface area contributed by atoms with Gasteiger partial charge in [0.2, 0.25) is 0 Å². The highest BCUT2D eigenvalue weighted by Crippen LogP contribution is 2.22. The van der Waals surface area contributed by atoms with Gasteiger partial charge in [-0.3, -0.25) is 0 Å². The van der Waals surface area contributed by atoms with E-state index in [4.69, 9.17) is 10.5 Å². The van der Waals surface area contributed by atoms with Gasteiger partial charge in [-0.1, -0.05) is 0 Å². The Morgan fingerprint density at radius 2 is 2.26 bits per heavy atom. The molecule has 0 saturated carbocycles. The third-order valence-corrected chi connectivity index (χ3v) is 3.98. The zero-order valence-corrected chi connectivity index (χ0v) is 12.2. The molecule has 1 aromatic carbocycles. The first-order chi connectivity index (χ1) is 9.10. The fraction of sp³-hybridized carbons (Fsp3) is 0.600. The normalized spacial score (nSPS) is 20.1. The summed E-state index contributed by atoms with van der Waals surface area (Å²) in [4.78, 5) is 4.79. The largest absolute Gasteiger partial charge is 0.497 e. The van der Waals surface area contributed by atoms with Crippen LogP contribution in [-0.2, 0) is 6.54 Å². The lowest BCUT2D eigenvalue weighted by Gasteiger charge is -2.26. The van der Waals surface area contributed by atoms with Gasteiger partial charge in [0, 0.05) is 24.8 Å². The number of methoxy groups -OCH3 is 1. The quantitative estimate of drug-likeness (QED) is 0.823. The summed E-state index contributed by atoms with van der Waals surface area (Å²) in [7, 11) is 6.06. The molecule has 2 N–H and O–H groups in total. The highest BCUT2D eigenvalue weighted by atomic mass is 16.5. The minimum atomic E-state index is 0.678. The lowest BCUT2D eigenvalue weighted by Crippen LogP contribution is -2.36. The van der Waals surface area contributed by atoms with Crippen LogP contribution in [0.4, 0.5) is 5.69 Å². The number of nitrogen functional groups attached to an aromatic ring is 1. The first-order valence-corrected chi connectivity index (χ1v) is 6.91. The number of ether oxygens (including phenoxy) is 1. The number of likely N-dealkylation sites (tertiary alicyclic amines) is 1. The van der Waals surface area contributed by atoms with Crippen LogP contribution in [0.5, 0.6) is 5.75 Å². The van der Waals surface area contributed by atoms with Crippen LogP contribution >= 0.6 is 0 Å². The molecule has 1 heterocycles. The van der Waals surface area contributed by atoms with Gasteiger partial charge in [0.15, 0.2) is 0 Å². The van der Waals surface area contributed by atoms with Gasteiger partial charge < -0.3 is 20.3 Å². The molecule has 4 heteroatoms. The summed E-state index contributed by atoms with van der Waals surface area (Å²) in [6.45, 7) is 3.18. The summed E-state index contributed by atoms with van der Waals surface area (Å²) < 4.78 is 5.26. The summed E-state index contributed by atoms with van der Waals surface area (Å²) in [5.41, 5.74) is 8.02. The van der Waals surface area contributed by atoms with E-state index < -0.39 is 0 Å². The van der Waals surface area contributed by atoms with Gasteiger partial charge in [0.25, 0.3) is 0 Å². The second kappa shape index (κ2) is 6.26. The SMILES string of the molecule is COc1ccc(N)c(CN(C)CC2CCCN2C)c1. The van der Waals surface area contributed by atoms with Gasteiger partial charge in [-0.15, -0.1) is 0 Å².